The molecule has 2 aliphatic rings. The van der Waals surface area contributed by atoms with E-state index in [1.165, 1.54) is 34.7 Å². The Hall–Kier alpha value is -3.88. The normalized spacial score (nSPS) is 18.7. The number of hydrogen-bond donors (Lipinski definition) is 1. The van der Waals surface area contributed by atoms with Crippen molar-refractivity contribution in [1.82, 2.24) is 0 Å². The summed E-state index contributed by atoms with van der Waals surface area (Å²) in [5.74, 6) is 0.684. The summed E-state index contributed by atoms with van der Waals surface area (Å²) in [5, 5.41) is 12.4. The molecule has 0 aromatic heterocycles. The van der Waals surface area contributed by atoms with E-state index in [0.717, 1.165) is 11.1 Å². The van der Waals surface area contributed by atoms with E-state index in [9.17, 15) is 10.0 Å². The molecule has 2 aromatic rings. The number of fused-ring (bicyclic) bond motifs is 2. The number of carbonyl (C=O) groups is 1. The smallest absolute Gasteiger partial charge is 0.314 e. The second-order valence-corrected chi connectivity index (χ2v) is 7.16. The molecule has 32 heavy (non-hydrogen) atoms. The van der Waals surface area contributed by atoms with Gasteiger partial charge in [-0.3, -0.25) is 4.79 Å². The number of esters is 1. The minimum Gasteiger partial charge on any atom is -0.493 e. The molecular weight excluding hydrogens is 418 g/mol. The average Bonchev–Trinajstić information content (AvgIpc) is 3.27. The highest BCUT2D eigenvalue weighted by Crippen LogP contribution is 2.50. The minimum atomic E-state index is -0.799. The van der Waals surface area contributed by atoms with Crippen LogP contribution in [0.1, 0.15) is 22.6 Å². The molecule has 168 valence electrons. The van der Waals surface area contributed by atoms with E-state index < -0.39 is 17.8 Å². The van der Waals surface area contributed by atoms with Gasteiger partial charge in [-0.15, -0.1) is 0 Å². The Morgan fingerprint density at radius 3 is 2.25 bits per heavy atom. The Morgan fingerprint density at radius 2 is 1.69 bits per heavy atom. The number of benzene rings is 2. The molecule has 9 heteroatoms. The summed E-state index contributed by atoms with van der Waals surface area (Å²) in [6.07, 6.45) is 3.01. The maximum Gasteiger partial charge on any atom is 0.314 e. The van der Waals surface area contributed by atoms with Crippen LogP contribution in [0.15, 0.2) is 35.0 Å². The lowest BCUT2D eigenvalue weighted by Crippen LogP contribution is -2.30. The van der Waals surface area contributed by atoms with Gasteiger partial charge in [0.15, 0.2) is 23.0 Å². The van der Waals surface area contributed by atoms with Gasteiger partial charge < -0.3 is 33.6 Å². The summed E-state index contributed by atoms with van der Waals surface area (Å²) < 4.78 is 32.7. The summed E-state index contributed by atoms with van der Waals surface area (Å²) in [4.78, 5) is 13.0. The third-order valence-corrected chi connectivity index (χ3v) is 5.64. The topological polar surface area (TPSA) is 105 Å². The number of ether oxygens (including phenoxy) is 6. The van der Waals surface area contributed by atoms with Crippen molar-refractivity contribution in [2.75, 3.05) is 35.2 Å². The molecule has 0 spiro atoms. The highest BCUT2D eigenvalue weighted by atomic mass is 16.7. The highest BCUT2D eigenvalue weighted by molar-refractivity contribution is 5.97. The molecule has 2 atom stereocenters. The van der Waals surface area contributed by atoms with Crippen LogP contribution < -0.4 is 23.7 Å². The van der Waals surface area contributed by atoms with Crippen molar-refractivity contribution >= 4 is 18.3 Å². The molecule has 0 fully saturated rings. The molecule has 9 nitrogen and oxygen atoms in total. The number of rotatable bonds is 6. The Labute approximate surface area is 184 Å². The molecule has 0 radical (unpaired) electrons. The fourth-order valence-electron chi connectivity index (χ4n) is 4.25. The molecule has 1 heterocycles. The number of hydrogen-bond acceptors (Lipinski definition) is 9. The molecule has 0 unspecified atom stereocenters. The van der Waals surface area contributed by atoms with Gasteiger partial charge in [0.1, 0.15) is 0 Å². The van der Waals surface area contributed by atoms with Crippen molar-refractivity contribution in [1.29, 1.82) is 0 Å². The fourth-order valence-corrected chi connectivity index (χ4v) is 4.25. The predicted octanol–water partition coefficient (Wildman–Crippen LogP) is 3.22. The number of carbonyl (C=O) groups excluding carboxylic acids is 1. The van der Waals surface area contributed by atoms with Crippen LogP contribution in [0.5, 0.6) is 28.7 Å². The van der Waals surface area contributed by atoms with Crippen LogP contribution in [-0.4, -0.2) is 52.6 Å². The van der Waals surface area contributed by atoms with Crippen LogP contribution in [0.2, 0.25) is 0 Å². The van der Waals surface area contributed by atoms with Gasteiger partial charge in [0.2, 0.25) is 12.5 Å². The SMILES string of the molecule is COC(=O)[C@@H]1C(C=NO)=Cc2cc3c(cc2[C@H]1c1cc(OC)c(OC)c(OC)c1)OCO3. The van der Waals surface area contributed by atoms with Gasteiger partial charge in [-0.2, -0.15) is 0 Å². The van der Waals surface area contributed by atoms with Gasteiger partial charge in [0, 0.05) is 5.92 Å². The van der Waals surface area contributed by atoms with Crippen LogP contribution in [0.4, 0.5) is 0 Å². The van der Waals surface area contributed by atoms with Crippen molar-refractivity contribution in [3.8, 4) is 28.7 Å². The van der Waals surface area contributed by atoms with Gasteiger partial charge in [-0.25, -0.2) is 0 Å². The van der Waals surface area contributed by atoms with Gasteiger partial charge in [-0.05, 0) is 52.6 Å². The van der Waals surface area contributed by atoms with E-state index in [2.05, 4.69) is 5.16 Å². The zero-order valence-electron chi connectivity index (χ0n) is 18.1. The fraction of sp³-hybridized carbons (Fsp3) is 0.304. The largest absolute Gasteiger partial charge is 0.493 e. The molecule has 1 aliphatic carbocycles. The summed E-state index contributed by atoms with van der Waals surface area (Å²) in [6.45, 7) is 0.113. The third-order valence-electron chi connectivity index (χ3n) is 5.64. The van der Waals surface area contributed by atoms with Crippen LogP contribution in [0, 0.1) is 5.92 Å². The van der Waals surface area contributed by atoms with Crippen LogP contribution in [0.3, 0.4) is 0 Å². The minimum absolute atomic E-state index is 0.113. The predicted molar refractivity (Wildman–Crippen MR) is 114 cm³/mol. The summed E-state index contributed by atoms with van der Waals surface area (Å²) in [5.41, 5.74) is 2.80. The second kappa shape index (κ2) is 8.70. The lowest BCUT2D eigenvalue weighted by atomic mass is 9.71. The van der Waals surface area contributed by atoms with E-state index in [1.54, 1.807) is 18.2 Å². The first kappa shape index (κ1) is 21.4. The number of nitrogens with zero attached hydrogens (tertiary/aromatic N) is 1. The van der Waals surface area contributed by atoms with Gasteiger partial charge in [0.25, 0.3) is 0 Å². The standard InChI is InChI=1S/C23H23NO8/c1-27-18-7-13(8-19(28-2)22(18)29-3)20-15-9-17-16(31-11-32-17)6-12(15)5-14(10-24-26)21(20)23(25)30-4/h5-10,20-21,26H,11H2,1-4H3/t20-,21-/m1/s1. The molecular formula is C23H23NO8. The lowest BCUT2D eigenvalue weighted by Gasteiger charge is -2.32. The molecule has 0 saturated heterocycles. The average molecular weight is 441 g/mol. The Balaban J connectivity index is 2.00. The van der Waals surface area contributed by atoms with Crippen LogP contribution in [0.25, 0.3) is 6.08 Å². The Bertz CT molecular complexity index is 1080. The maximum atomic E-state index is 13.0. The van der Waals surface area contributed by atoms with Gasteiger partial charge in [0.05, 0.1) is 40.6 Å². The van der Waals surface area contributed by atoms with E-state index >= 15 is 0 Å². The first-order chi connectivity index (χ1) is 15.6. The van der Waals surface area contributed by atoms with Crippen molar-refractivity contribution < 1.29 is 38.4 Å². The first-order valence-corrected chi connectivity index (χ1v) is 9.76. The third kappa shape index (κ3) is 3.45. The van der Waals surface area contributed by atoms with E-state index in [-0.39, 0.29) is 6.79 Å². The first-order valence-electron chi connectivity index (χ1n) is 9.76. The monoisotopic (exact) mass is 441 g/mol. The van der Waals surface area contributed by atoms with Crippen molar-refractivity contribution in [2.24, 2.45) is 11.1 Å². The van der Waals surface area contributed by atoms with Crippen LogP contribution >= 0.6 is 0 Å². The highest BCUT2D eigenvalue weighted by Gasteiger charge is 2.40. The quantitative estimate of drug-likeness (QED) is 0.315. The van der Waals surface area contributed by atoms with E-state index in [1.807, 2.05) is 12.1 Å². The molecule has 1 aliphatic heterocycles. The Morgan fingerprint density at radius 1 is 1.03 bits per heavy atom. The van der Waals surface area contributed by atoms with Gasteiger partial charge in [-0.1, -0.05) is 5.16 Å². The summed E-state index contributed by atoms with van der Waals surface area (Å²) >= 11 is 0. The van der Waals surface area contributed by atoms with Crippen molar-refractivity contribution in [3.05, 3.63) is 46.5 Å². The molecule has 0 saturated carbocycles. The van der Waals surface area contributed by atoms with Crippen molar-refractivity contribution in [3.63, 3.8) is 0 Å². The van der Waals surface area contributed by atoms with Crippen molar-refractivity contribution in [2.45, 2.75) is 5.92 Å². The molecule has 0 bridgehead atoms. The summed E-state index contributed by atoms with van der Waals surface area (Å²) in [7, 11) is 5.88. The molecule has 2 aromatic carbocycles. The lowest BCUT2D eigenvalue weighted by molar-refractivity contribution is -0.144. The van der Waals surface area contributed by atoms with E-state index in [0.29, 0.717) is 39.9 Å². The van der Waals surface area contributed by atoms with Crippen LogP contribution in [-0.2, 0) is 9.53 Å². The maximum absolute atomic E-state index is 13.0. The molecule has 0 amide bonds. The zero-order chi connectivity index (χ0) is 22.8. The second-order valence-electron chi connectivity index (χ2n) is 7.16. The van der Waals surface area contributed by atoms with Gasteiger partial charge >= 0.3 is 5.97 Å². The van der Waals surface area contributed by atoms with E-state index in [4.69, 9.17) is 28.4 Å². The summed E-state index contributed by atoms with van der Waals surface area (Å²) in [6, 6.07) is 7.26. The zero-order valence-corrected chi connectivity index (χ0v) is 18.1. The molecule has 4 rings (SSSR count). The Kier molecular flexibility index (Phi) is 5.81. The molecule has 1 N–H and O–H groups in total. The number of oxime groups is 1. The number of methoxy groups -OCH3 is 4.